The first-order chi connectivity index (χ1) is 7.06. The van der Waals surface area contributed by atoms with Gasteiger partial charge in [0.2, 0.25) is 0 Å². The molecule has 1 unspecified atom stereocenters. The molecular weight excluding hydrogens is 210 g/mol. The predicted octanol–water partition coefficient (Wildman–Crippen LogP) is 1.73. The molecule has 1 saturated carbocycles. The largest absolute Gasteiger partial charge is 0.313 e. The standard InChI is InChI=1S/C11H23NO2S/c1-3-8-12-10(2)9-15(13,14)11-6-4-5-7-11/h10-12H,3-9H2,1-2H3. The summed E-state index contributed by atoms with van der Waals surface area (Å²) in [4.78, 5) is 0. The van der Waals surface area contributed by atoms with Gasteiger partial charge in [0.25, 0.3) is 0 Å². The van der Waals surface area contributed by atoms with Gasteiger partial charge < -0.3 is 5.32 Å². The number of sulfone groups is 1. The zero-order valence-electron chi connectivity index (χ0n) is 9.83. The first-order valence-electron chi connectivity index (χ1n) is 6.01. The molecule has 0 aliphatic heterocycles. The molecule has 15 heavy (non-hydrogen) atoms. The average molecular weight is 233 g/mol. The summed E-state index contributed by atoms with van der Waals surface area (Å²) in [6.45, 7) is 4.95. The van der Waals surface area contributed by atoms with Crippen molar-refractivity contribution in [3.63, 3.8) is 0 Å². The second kappa shape index (κ2) is 5.85. The van der Waals surface area contributed by atoms with Gasteiger partial charge in [-0.2, -0.15) is 0 Å². The van der Waals surface area contributed by atoms with Crippen LogP contribution in [0, 0.1) is 0 Å². The summed E-state index contributed by atoms with van der Waals surface area (Å²) in [6.07, 6.45) is 4.97. The van der Waals surface area contributed by atoms with E-state index in [9.17, 15) is 8.42 Å². The highest BCUT2D eigenvalue weighted by molar-refractivity contribution is 7.92. The van der Waals surface area contributed by atoms with Crippen molar-refractivity contribution in [3.8, 4) is 0 Å². The Morgan fingerprint density at radius 1 is 1.33 bits per heavy atom. The van der Waals surface area contributed by atoms with E-state index in [2.05, 4.69) is 12.2 Å². The normalized spacial score (nSPS) is 20.7. The molecule has 1 fully saturated rings. The Balaban J connectivity index is 2.41. The van der Waals surface area contributed by atoms with Gasteiger partial charge in [-0.25, -0.2) is 8.42 Å². The highest BCUT2D eigenvalue weighted by atomic mass is 32.2. The van der Waals surface area contributed by atoms with Crippen molar-refractivity contribution in [1.29, 1.82) is 0 Å². The molecule has 4 heteroatoms. The van der Waals surface area contributed by atoms with Crippen LogP contribution in [-0.2, 0) is 9.84 Å². The van der Waals surface area contributed by atoms with Crippen LogP contribution in [0.15, 0.2) is 0 Å². The van der Waals surface area contributed by atoms with E-state index >= 15 is 0 Å². The molecule has 1 aliphatic rings. The lowest BCUT2D eigenvalue weighted by molar-refractivity contribution is 0.545. The van der Waals surface area contributed by atoms with Gasteiger partial charge in [-0.15, -0.1) is 0 Å². The third kappa shape index (κ3) is 4.11. The zero-order valence-corrected chi connectivity index (χ0v) is 10.6. The summed E-state index contributed by atoms with van der Waals surface area (Å²) in [5, 5.41) is 3.18. The molecule has 0 spiro atoms. The maximum atomic E-state index is 12.0. The predicted molar refractivity (Wildman–Crippen MR) is 63.8 cm³/mol. The van der Waals surface area contributed by atoms with Gasteiger partial charge in [-0.1, -0.05) is 19.8 Å². The molecule has 1 N–H and O–H groups in total. The Hall–Kier alpha value is -0.0900. The van der Waals surface area contributed by atoms with Crippen LogP contribution in [0.5, 0.6) is 0 Å². The van der Waals surface area contributed by atoms with Crippen LogP contribution in [-0.4, -0.2) is 32.0 Å². The molecule has 0 heterocycles. The van der Waals surface area contributed by atoms with Gasteiger partial charge in [0.1, 0.15) is 0 Å². The maximum Gasteiger partial charge on any atom is 0.154 e. The highest BCUT2D eigenvalue weighted by Gasteiger charge is 2.29. The van der Waals surface area contributed by atoms with Crippen molar-refractivity contribution < 1.29 is 8.42 Å². The minimum atomic E-state index is -2.85. The molecule has 3 nitrogen and oxygen atoms in total. The van der Waals surface area contributed by atoms with E-state index < -0.39 is 9.84 Å². The van der Waals surface area contributed by atoms with E-state index in [-0.39, 0.29) is 11.3 Å². The second-order valence-electron chi connectivity index (χ2n) is 4.59. The topological polar surface area (TPSA) is 46.2 Å². The Labute approximate surface area is 93.6 Å². The first-order valence-corrected chi connectivity index (χ1v) is 7.72. The quantitative estimate of drug-likeness (QED) is 0.760. The lowest BCUT2D eigenvalue weighted by Crippen LogP contribution is -2.36. The number of hydrogen-bond donors (Lipinski definition) is 1. The van der Waals surface area contributed by atoms with Crippen LogP contribution in [0.1, 0.15) is 46.0 Å². The summed E-state index contributed by atoms with van der Waals surface area (Å²) in [5.41, 5.74) is 0. The molecular formula is C11H23NO2S. The van der Waals surface area contributed by atoms with Gasteiger partial charge in [0.15, 0.2) is 9.84 Å². The fourth-order valence-electron chi connectivity index (χ4n) is 2.18. The minimum absolute atomic E-state index is 0.0524. The molecule has 0 aromatic carbocycles. The lowest BCUT2D eigenvalue weighted by Gasteiger charge is -2.16. The first kappa shape index (κ1) is 13.0. The molecule has 0 saturated heterocycles. The van der Waals surface area contributed by atoms with E-state index in [1.807, 2.05) is 6.92 Å². The summed E-state index contributed by atoms with van der Waals surface area (Å²) in [7, 11) is -2.85. The number of rotatable bonds is 6. The third-order valence-electron chi connectivity index (χ3n) is 3.04. The second-order valence-corrected chi connectivity index (χ2v) is 6.92. The summed E-state index contributed by atoms with van der Waals surface area (Å²) < 4.78 is 23.9. The number of hydrogen-bond acceptors (Lipinski definition) is 3. The van der Waals surface area contributed by atoms with Crippen LogP contribution in [0.25, 0.3) is 0 Å². The number of nitrogens with one attached hydrogen (secondary N) is 1. The van der Waals surface area contributed by atoms with Crippen molar-refractivity contribution in [1.82, 2.24) is 5.32 Å². The van der Waals surface area contributed by atoms with Gasteiger partial charge >= 0.3 is 0 Å². The van der Waals surface area contributed by atoms with Gasteiger partial charge in [-0.3, -0.25) is 0 Å². The lowest BCUT2D eigenvalue weighted by atomic mass is 10.3. The van der Waals surface area contributed by atoms with Crippen molar-refractivity contribution in [2.24, 2.45) is 0 Å². The molecule has 0 bridgehead atoms. The molecule has 0 amide bonds. The Kier molecular flexibility index (Phi) is 5.06. The Morgan fingerprint density at radius 3 is 2.47 bits per heavy atom. The van der Waals surface area contributed by atoms with Crippen LogP contribution < -0.4 is 5.32 Å². The Morgan fingerprint density at radius 2 is 1.93 bits per heavy atom. The van der Waals surface area contributed by atoms with E-state index in [0.29, 0.717) is 5.75 Å². The molecule has 1 atom stereocenters. The summed E-state index contributed by atoms with van der Waals surface area (Å²) >= 11 is 0. The van der Waals surface area contributed by atoms with Gasteiger partial charge in [-0.05, 0) is 32.7 Å². The molecule has 90 valence electrons. The molecule has 0 radical (unpaired) electrons. The van der Waals surface area contributed by atoms with Crippen molar-refractivity contribution >= 4 is 9.84 Å². The molecule has 1 rings (SSSR count). The SMILES string of the molecule is CCCNC(C)CS(=O)(=O)C1CCCC1. The van der Waals surface area contributed by atoms with Crippen LogP contribution >= 0.6 is 0 Å². The minimum Gasteiger partial charge on any atom is -0.313 e. The zero-order chi connectivity index (χ0) is 11.3. The van der Waals surface area contributed by atoms with Crippen LogP contribution in [0.3, 0.4) is 0 Å². The van der Waals surface area contributed by atoms with E-state index in [1.165, 1.54) is 0 Å². The summed E-state index contributed by atoms with van der Waals surface area (Å²) in [6, 6.07) is 0.0931. The van der Waals surface area contributed by atoms with Crippen LogP contribution in [0.2, 0.25) is 0 Å². The fourth-order valence-corrected chi connectivity index (χ4v) is 4.32. The molecule has 1 aliphatic carbocycles. The van der Waals surface area contributed by atoms with Crippen molar-refractivity contribution in [2.75, 3.05) is 12.3 Å². The van der Waals surface area contributed by atoms with Crippen LogP contribution in [0.4, 0.5) is 0 Å². The van der Waals surface area contributed by atoms with E-state index in [1.54, 1.807) is 0 Å². The summed E-state index contributed by atoms with van der Waals surface area (Å²) in [5.74, 6) is 0.303. The highest BCUT2D eigenvalue weighted by Crippen LogP contribution is 2.25. The monoisotopic (exact) mass is 233 g/mol. The van der Waals surface area contributed by atoms with Crippen molar-refractivity contribution in [2.45, 2.75) is 57.2 Å². The molecule has 0 aromatic rings. The van der Waals surface area contributed by atoms with Crippen molar-refractivity contribution in [3.05, 3.63) is 0 Å². The van der Waals surface area contributed by atoms with Gasteiger partial charge in [0, 0.05) is 6.04 Å². The molecule has 0 aromatic heterocycles. The van der Waals surface area contributed by atoms with E-state index in [4.69, 9.17) is 0 Å². The maximum absolute atomic E-state index is 12.0. The Bertz CT molecular complexity index is 268. The average Bonchev–Trinajstić information content (AvgIpc) is 2.67. The third-order valence-corrected chi connectivity index (χ3v) is 5.49. The van der Waals surface area contributed by atoms with Gasteiger partial charge in [0.05, 0.1) is 11.0 Å². The van der Waals surface area contributed by atoms with E-state index in [0.717, 1.165) is 38.6 Å². The fraction of sp³-hybridized carbons (Fsp3) is 1.00. The smallest absolute Gasteiger partial charge is 0.154 e.